The Morgan fingerprint density at radius 3 is 2.63 bits per heavy atom. The number of pyridine rings is 1. The molecule has 0 aliphatic carbocycles. The smallest absolute Gasteiger partial charge is 0.257 e. The van der Waals surface area contributed by atoms with Gasteiger partial charge in [-0.05, 0) is 36.8 Å². The van der Waals surface area contributed by atoms with Crippen molar-refractivity contribution in [1.82, 2.24) is 4.98 Å². The summed E-state index contributed by atoms with van der Waals surface area (Å²) in [6.07, 6.45) is 3.21. The van der Waals surface area contributed by atoms with Crippen molar-refractivity contribution in [2.45, 2.75) is 13.0 Å². The van der Waals surface area contributed by atoms with Crippen LogP contribution in [0.15, 0.2) is 67.0 Å². The second-order valence-electron chi connectivity index (χ2n) is 6.04. The molecular formula is C21H20ClN3O2. The van der Waals surface area contributed by atoms with E-state index in [0.717, 1.165) is 11.3 Å². The van der Waals surface area contributed by atoms with Gasteiger partial charge in [-0.2, -0.15) is 0 Å². The van der Waals surface area contributed by atoms with E-state index in [9.17, 15) is 4.79 Å². The third-order valence-corrected chi connectivity index (χ3v) is 4.33. The van der Waals surface area contributed by atoms with Gasteiger partial charge in [-0.1, -0.05) is 41.9 Å². The van der Waals surface area contributed by atoms with E-state index in [1.54, 1.807) is 30.5 Å². The number of ether oxygens (including phenoxy) is 1. The van der Waals surface area contributed by atoms with Gasteiger partial charge in [-0.3, -0.25) is 9.78 Å². The number of methoxy groups -OCH3 is 1. The predicted octanol–water partition coefficient (Wildman–Crippen LogP) is 5.17. The summed E-state index contributed by atoms with van der Waals surface area (Å²) < 4.78 is 5.26. The van der Waals surface area contributed by atoms with E-state index in [0.29, 0.717) is 22.0 Å². The number of halogens is 1. The second-order valence-corrected chi connectivity index (χ2v) is 6.47. The zero-order valence-corrected chi connectivity index (χ0v) is 15.8. The molecule has 138 valence electrons. The van der Waals surface area contributed by atoms with E-state index < -0.39 is 0 Å². The van der Waals surface area contributed by atoms with Crippen LogP contribution in [-0.4, -0.2) is 18.0 Å². The van der Waals surface area contributed by atoms with Crippen molar-refractivity contribution in [1.29, 1.82) is 0 Å². The molecule has 0 fully saturated rings. The topological polar surface area (TPSA) is 63.2 Å². The van der Waals surface area contributed by atoms with Crippen LogP contribution >= 0.6 is 11.6 Å². The van der Waals surface area contributed by atoms with E-state index in [1.807, 2.05) is 30.3 Å². The molecule has 2 N–H and O–H groups in total. The average molecular weight is 382 g/mol. The molecule has 1 heterocycles. The van der Waals surface area contributed by atoms with Gasteiger partial charge in [-0.25, -0.2) is 0 Å². The maximum absolute atomic E-state index is 12.6. The van der Waals surface area contributed by atoms with Gasteiger partial charge in [0.2, 0.25) is 0 Å². The lowest BCUT2D eigenvalue weighted by molar-refractivity contribution is 0.102. The second kappa shape index (κ2) is 8.56. The Morgan fingerprint density at radius 2 is 1.89 bits per heavy atom. The van der Waals surface area contributed by atoms with E-state index >= 15 is 0 Å². The normalized spacial score (nSPS) is 11.5. The van der Waals surface area contributed by atoms with Crippen LogP contribution < -0.4 is 15.4 Å². The molecule has 6 heteroatoms. The van der Waals surface area contributed by atoms with Gasteiger partial charge in [-0.15, -0.1) is 0 Å². The number of nitrogens with zero attached hydrogens (tertiary/aromatic N) is 1. The van der Waals surface area contributed by atoms with Gasteiger partial charge < -0.3 is 15.4 Å². The molecule has 0 spiro atoms. The first-order valence-electron chi connectivity index (χ1n) is 8.48. The van der Waals surface area contributed by atoms with Crippen LogP contribution in [0.4, 0.5) is 11.4 Å². The highest BCUT2D eigenvalue weighted by Gasteiger charge is 2.12. The molecule has 0 saturated heterocycles. The van der Waals surface area contributed by atoms with Crippen LogP contribution in [0, 0.1) is 0 Å². The minimum atomic E-state index is -0.293. The third-order valence-electron chi connectivity index (χ3n) is 4.09. The van der Waals surface area contributed by atoms with Gasteiger partial charge in [0.15, 0.2) is 0 Å². The van der Waals surface area contributed by atoms with Crippen molar-refractivity contribution in [3.8, 4) is 5.75 Å². The van der Waals surface area contributed by atoms with Crippen molar-refractivity contribution in [2.75, 3.05) is 17.7 Å². The van der Waals surface area contributed by atoms with E-state index in [4.69, 9.17) is 16.3 Å². The Balaban J connectivity index is 1.75. The molecule has 5 nitrogen and oxygen atoms in total. The number of benzene rings is 2. The van der Waals surface area contributed by atoms with Crippen molar-refractivity contribution in [2.24, 2.45) is 0 Å². The Bertz CT molecular complexity index is 932. The monoisotopic (exact) mass is 381 g/mol. The number of anilines is 2. The maximum Gasteiger partial charge on any atom is 0.257 e. The molecular weight excluding hydrogens is 362 g/mol. The molecule has 0 radical (unpaired) electrons. The number of carbonyl (C=O) groups is 1. The summed E-state index contributed by atoms with van der Waals surface area (Å²) in [6, 6.07) is 17.0. The minimum Gasteiger partial charge on any atom is -0.495 e. The molecule has 0 aliphatic heterocycles. The summed E-state index contributed by atoms with van der Waals surface area (Å²) in [5, 5.41) is 6.69. The largest absolute Gasteiger partial charge is 0.495 e. The first kappa shape index (κ1) is 18.7. The summed E-state index contributed by atoms with van der Waals surface area (Å²) in [6.45, 7) is 2.05. The van der Waals surface area contributed by atoms with Crippen LogP contribution in [0.3, 0.4) is 0 Å². The van der Waals surface area contributed by atoms with Crippen LogP contribution in [0.5, 0.6) is 5.75 Å². The zero-order valence-electron chi connectivity index (χ0n) is 15.1. The van der Waals surface area contributed by atoms with E-state index in [1.165, 1.54) is 13.3 Å². The number of amides is 1. The molecule has 2 aromatic carbocycles. The number of rotatable bonds is 6. The fourth-order valence-corrected chi connectivity index (χ4v) is 2.86. The van der Waals surface area contributed by atoms with Gasteiger partial charge in [0.1, 0.15) is 5.75 Å². The Morgan fingerprint density at radius 1 is 1.11 bits per heavy atom. The molecule has 0 aliphatic rings. The van der Waals surface area contributed by atoms with Crippen molar-refractivity contribution in [3.63, 3.8) is 0 Å². The van der Waals surface area contributed by atoms with Crippen LogP contribution in [0.2, 0.25) is 5.02 Å². The summed E-state index contributed by atoms with van der Waals surface area (Å²) in [5.74, 6) is 0.242. The highest BCUT2D eigenvalue weighted by molar-refractivity contribution is 6.31. The highest BCUT2D eigenvalue weighted by atomic mass is 35.5. The quantitative estimate of drug-likeness (QED) is 0.618. The lowest BCUT2D eigenvalue weighted by Gasteiger charge is -2.16. The van der Waals surface area contributed by atoms with Gasteiger partial charge in [0.05, 0.1) is 24.0 Å². The van der Waals surface area contributed by atoms with Crippen molar-refractivity contribution >= 4 is 28.9 Å². The third kappa shape index (κ3) is 4.77. The molecule has 27 heavy (non-hydrogen) atoms. The van der Waals surface area contributed by atoms with Gasteiger partial charge in [0, 0.05) is 23.5 Å². The van der Waals surface area contributed by atoms with Gasteiger partial charge >= 0.3 is 0 Å². The Labute approximate surface area is 163 Å². The van der Waals surface area contributed by atoms with E-state index in [2.05, 4.69) is 22.5 Å². The lowest BCUT2D eigenvalue weighted by Crippen LogP contribution is -2.14. The molecule has 0 saturated carbocycles. The van der Waals surface area contributed by atoms with Crippen molar-refractivity contribution < 1.29 is 9.53 Å². The number of hydrogen-bond acceptors (Lipinski definition) is 4. The molecule has 1 unspecified atom stereocenters. The van der Waals surface area contributed by atoms with Crippen LogP contribution in [-0.2, 0) is 0 Å². The molecule has 0 bridgehead atoms. The summed E-state index contributed by atoms with van der Waals surface area (Å²) in [4.78, 5) is 16.8. The summed E-state index contributed by atoms with van der Waals surface area (Å²) >= 11 is 6.01. The Kier molecular flexibility index (Phi) is 5.94. The van der Waals surface area contributed by atoms with Crippen LogP contribution in [0.1, 0.15) is 28.9 Å². The first-order chi connectivity index (χ1) is 13.1. The highest BCUT2D eigenvalue weighted by Crippen LogP contribution is 2.28. The summed E-state index contributed by atoms with van der Waals surface area (Å²) in [5.41, 5.74) is 2.85. The van der Waals surface area contributed by atoms with Crippen molar-refractivity contribution in [3.05, 3.63) is 83.1 Å². The summed E-state index contributed by atoms with van der Waals surface area (Å²) in [7, 11) is 1.54. The fraction of sp³-hybridized carbons (Fsp3) is 0.143. The Hall–Kier alpha value is -3.05. The molecule has 3 aromatic rings. The first-order valence-corrected chi connectivity index (χ1v) is 8.86. The lowest BCUT2D eigenvalue weighted by atomic mass is 10.1. The SMILES string of the molecule is COc1ccc(Cl)cc1NC(=O)c1cncc(NC(C)c2ccccc2)c1. The average Bonchev–Trinajstić information content (AvgIpc) is 2.69. The van der Waals surface area contributed by atoms with Crippen LogP contribution in [0.25, 0.3) is 0 Å². The molecule has 1 amide bonds. The van der Waals surface area contributed by atoms with Gasteiger partial charge in [0.25, 0.3) is 5.91 Å². The zero-order chi connectivity index (χ0) is 19.2. The minimum absolute atomic E-state index is 0.0827. The number of nitrogens with one attached hydrogen (secondary N) is 2. The predicted molar refractivity (Wildman–Crippen MR) is 109 cm³/mol. The molecule has 3 rings (SSSR count). The standard InChI is InChI=1S/C21H20ClN3O2/c1-14(15-6-4-3-5-7-15)24-18-10-16(12-23-13-18)21(26)25-19-11-17(22)8-9-20(19)27-2/h3-14,24H,1-2H3,(H,25,26). The number of aromatic nitrogens is 1. The number of hydrogen-bond donors (Lipinski definition) is 2. The fourth-order valence-electron chi connectivity index (χ4n) is 2.69. The number of carbonyl (C=O) groups excluding carboxylic acids is 1. The maximum atomic E-state index is 12.6. The molecule has 1 atom stereocenters. The van der Waals surface area contributed by atoms with E-state index in [-0.39, 0.29) is 11.9 Å². The molecule has 1 aromatic heterocycles.